The molecule has 6 rings (SSSR count). The van der Waals surface area contributed by atoms with Crippen LogP contribution in [0.1, 0.15) is 45.4 Å². The molecule has 0 unspecified atom stereocenters. The Hall–Kier alpha value is -4.53. The summed E-state index contributed by atoms with van der Waals surface area (Å²) >= 11 is 0. The van der Waals surface area contributed by atoms with Crippen LogP contribution in [0.4, 0.5) is 0 Å². The van der Waals surface area contributed by atoms with Gasteiger partial charge < -0.3 is 19.5 Å². The van der Waals surface area contributed by atoms with E-state index in [4.69, 9.17) is 19.2 Å². The number of hydrogen-bond donors (Lipinski definition) is 1. The summed E-state index contributed by atoms with van der Waals surface area (Å²) in [4.78, 5) is 49.4. The van der Waals surface area contributed by atoms with Gasteiger partial charge in [-0.15, -0.1) is 0 Å². The van der Waals surface area contributed by atoms with Gasteiger partial charge in [0.05, 0.1) is 36.8 Å². The molecule has 1 aliphatic heterocycles. The molecule has 2 aliphatic carbocycles. The number of nitrogens with zero attached hydrogens (tertiary/aromatic N) is 2. The number of allylic oxidation sites excluding steroid dienone is 1. The summed E-state index contributed by atoms with van der Waals surface area (Å²) in [6, 6.07) is 17.3. The molecule has 228 valence electrons. The molecule has 44 heavy (non-hydrogen) atoms. The summed E-state index contributed by atoms with van der Waals surface area (Å²) in [5.74, 6) is -1.35. The third-order valence-electron chi connectivity index (χ3n) is 8.81. The zero-order valence-corrected chi connectivity index (χ0v) is 25.0. The number of hydrogen-bond acceptors (Lipinski definition) is 7. The minimum atomic E-state index is -1.10. The lowest BCUT2D eigenvalue weighted by Crippen LogP contribution is -2.49. The van der Waals surface area contributed by atoms with Crippen LogP contribution in [0, 0.1) is 17.8 Å². The highest BCUT2D eigenvalue weighted by Crippen LogP contribution is 2.47. The summed E-state index contributed by atoms with van der Waals surface area (Å²) in [5.41, 5.74) is 1.28. The number of ether oxygens (including phenoxy) is 3. The van der Waals surface area contributed by atoms with Crippen molar-refractivity contribution in [2.24, 2.45) is 22.7 Å². The van der Waals surface area contributed by atoms with E-state index >= 15 is 0 Å². The second kappa shape index (κ2) is 12.6. The number of nitrogens with one attached hydrogen (secondary N) is 1. The highest BCUT2D eigenvalue weighted by atomic mass is 16.5. The molecule has 0 spiro atoms. The first kappa shape index (κ1) is 29.5. The van der Waals surface area contributed by atoms with Crippen molar-refractivity contribution in [3.8, 4) is 22.8 Å². The Kier molecular flexibility index (Phi) is 8.46. The normalized spacial score (nSPS) is 28.1. The van der Waals surface area contributed by atoms with Crippen molar-refractivity contribution in [1.82, 2.24) is 10.3 Å². The molecule has 1 N–H and O–H groups in total. The van der Waals surface area contributed by atoms with Crippen LogP contribution in [0.5, 0.6) is 11.5 Å². The van der Waals surface area contributed by atoms with Gasteiger partial charge >= 0.3 is 5.97 Å². The molecule has 2 heterocycles. The molecule has 2 fully saturated rings. The highest BCUT2D eigenvalue weighted by Gasteiger charge is 2.62. The van der Waals surface area contributed by atoms with E-state index in [1.807, 2.05) is 66.7 Å². The van der Waals surface area contributed by atoms with Crippen molar-refractivity contribution in [1.29, 1.82) is 0 Å². The number of carbonyl (C=O) groups excluding carboxylic acids is 3. The number of aliphatic imine (C=N–C) groups is 1. The van der Waals surface area contributed by atoms with E-state index in [0.717, 1.165) is 29.5 Å². The standard InChI is InChI=1S/C35H37N3O6/c1-3-43-34(41)35-21-23(35)13-9-4-5-10-16-36-32(39)27-17-25(18-28(27)33(40)38-35)44-31-20-29(22-11-7-6-8-12-22)37-30-19-24(42-2)14-15-26(30)31/h6-9,11-16,19-20,23,25,27-28H,3-5,10,17-18,21H2,1-2H3,(H,38,40)/b13-9-,36-16+/t23-,25+,27-,28-,35-/m1/s1. The number of fused-ring (bicyclic) bond motifs is 3. The van der Waals surface area contributed by atoms with Crippen molar-refractivity contribution < 1.29 is 28.6 Å². The molecule has 0 bridgehead atoms. The topological polar surface area (TPSA) is 116 Å². The van der Waals surface area contributed by atoms with Crippen molar-refractivity contribution in [3.63, 3.8) is 0 Å². The van der Waals surface area contributed by atoms with Gasteiger partial charge in [-0.25, -0.2) is 14.8 Å². The summed E-state index contributed by atoms with van der Waals surface area (Å²) < 4.78 is 17.4. The molecule has 9 heteroatoms. The van der Waals surface area contributed by atoms with Gasteiger partial charge in [0.1, 0.15) is 23.1 Å². The first-order chi connectivity index (χ1) is 21.4. The van der Waals surface area contributed by atoms with Crippen LogP contribution in [-0.2, 0) is 19.1 Å². The first-order valence-electron chi connectivity index (χ1n) is 15.3. The lowest BCUT2D eigenvalue weighted by molar-refractivity contribution is -0.149. The van der Waals surface area contributed by atoms with Gasteiger partial charge in [0, 0.05) is 35.2 Å². The van der Waals surface area contributed by atoms with E-state index in [-0.39, 0.29) is 24.3 Å². The summed E-state index contributed by atoms with van der Waals surface area (Å²) in [6.45, 7) is 1.97. The van der Waals surface area contributed by atoms with Gasteiger partial charge in [0.25, 0.3) is 0 Å². The minimum absolute atomic E-state index is 0.138. The van der Waals surface area contributed by atoms with E-state index in [1.165, 1.54) is 0 Å². The number of methoxy groups -OCH3 is 1. The second-order valence-electron chi connectivity index (χ2n) is 11.7. The lowest BCUT2D eigenvalue weighted by Gasteiger charge is -2.22. The van der Waals surface area contributed by atoms with E-state index < -0.39 is 29.4 Å². The number of aromatic nitrogens is 1. The predicted molar refractivity (Wildman–Crippen MR) is 166 cm³/mol. The second-order valence-corrected chi connectivity index (χ2v) is 11.7. The van der Waals surface area contributed by atoms with Crippen LogP contribution in [0.15, 0.2) is 71.7 Å². The fraction of sp³-hybridized carbons (Fsp3) is 0.400. The largest absolute Gasteiger partial charge is 0.497 e. The Labute approximate surface area is 256 Å². The van der Waals surface area contributed by atoms with Gasteiger partial charge in [-0.05, 0) is 57.6 Å². The number of pyridine rings is 1. The van der Waals surface area contributed by atoms with Gasteiger partial charge in [-0.1, -0.05) is 42.5 Å². The van der Waals surface area contributed by atoms with Crippen LogP contribution in [0.25, 0.3) is 22.2 Å². The van der Waals surface area contributed by atoms with Crippen LogP contribution in [0.3, 0.4) is 0 Å². The molecular weight excluding hydrogens is 558 g/mol. The SMILES string of the molecule is CCOC(=O)[C@@]12C[C@H]1/C=C\CCC/C=N/C(=O)[C@@H]1C[C@H](Oc3cc(-c4ccccc4)nc4cc(OC)ccc34)C[C@H]1C(=O)N2. The lowest BCUT2D eigenvalue weighted by atomic mass is 9.93. The number of esters is 1. The highest BCUT2D eigenvalue weighted by molar-refractivity contribution is 5.96. The molecule has 0 radical (unpaired) electrons. The Bertz CT molecular complexity index is 1620. The molecule has 3 aromatic rings. The molecular formula is C35H37N3O6. The maximum Gasteiger partial charge on any atom is 0.332 e. The van der Waals surface area contributed by atoms with E-state index in [9.17, 15) is 14.4 Å². The summed E-state index contributed by atoms with van der Waals surface area (Å²) in [6.07, 6.45) is 8.63. The summed E-state index contributed by atoms with van der Waals surface area (Å²) in [7, 11) is 1.61. The zero-order chi connectivity index (χ0) is 30.7. The Morgan fingerprint density at radius 1 is 1.05 bits per heavy atom. The summed E-state index contributed by atoms with van der Waals surface area (Å²) in [5, 5.41) is 3.80. The van der Waals surface area contributed by atoms with Crippen molar-refractivity contribution in [3.05, 3.63) is 66.7 Å². The van der Waals surface area contributed by atoms with Crippen molar-refractivity contribution >= 4 is 34.9 Å². The zero-order valence-electron chi connectivity index (χ0n) is 25.0. The molecule has 2 saturated carbocycles. The van der Waals surface area contributed by atoms with E-state index in [2.05, 4.69) is 10.3 Å². The number of carbonyl (C=O) groups is 3. The van der Waals surface area contributed by atoms with E-state index in [1.54, 1.807) is 20.2 Å². The maximum absolute atomic E-state index is 13.9. The maximum atomic E-state index is 13.9. The smallest absolute Gasteiger partial charge is 0.332 e. The van der Waals surface area contributed by atoms with Gasteiger partial charge in [-0.2, -0.15) is 0 Å². The number of rotatable bonds is 6. The Morgan fingerprint density at radius 3 is 2.66 bits per heavy atom. The van der Waals surface area contributed by atoms with Gasteiger partial charge in [0.15, 0.2) is 0 Å². The fourth-order valence-corrected chi connectivity index (χ4v) is 6.35. The average Bonchev–Trinajstić information content (AvgIpc) is 3.57. The number of amides is 2. The van der Waals surface area contributed by atoms with Gasteiger partial charge in [0.2, 0.25) is 11.8 Å². The molecule has 2 amide bonds. The molecule has 0 saturated heterocycles. The Morgan fingerprint density at radius 2 is 1.86 bits per heavy atom. The third-order valence-corrected chi connectivity index (χ3v) is 8.81. The molecule has 5 atom stereocenters. The first-order valence-corrected chi connectivity index (χ1v) is 15.3. The van der Waals surface area contributed by atoms with Gasteiger partial charge in [-0.3, -0.25) is 9.59 Å². The van der Waals surface area contributed by atoms with Crippen LogP contribution in [-0.4, -0.2) is 54.3 Å². The molecule has 2 aromatic carbocycles. The van der Waals surface area contributed by atoms with Crippen LogP contribution < -0.4 is 14.8 Å². The third kappa shape index (κ3) is 5.96. The molecule has 9 nitrogen and oxygen atoms in total. The monoisotopic (exact) mass is 595 g/mol. The number of benzene rings is 2. The molecule has 3 aliphatic rings. The molecule has 1 aromatic heterocycles. The van der Waals surface area contributed by atoms with Crippen molar-refractivity contribution in [2.45, 2.75) is 57.1 Å². The van der Waals surface area contributed by atoms with E-state index in [0.29, 0.717) is 42.7 Å². The predicted octanol–water partition coefficient (Wildman–Crippen LogP) is 5.46. The minimum Gasteiger partial charge on any atom is -0.497 e. The average molecular weight is 596 g/mol. The van der Waals surface area contributed by atoms with Crippen molar-refractivity contribution in [2.75, 3.05) is 13.7 Å². The quantitative estimate of drug-likeness (QED) is 0.297. The fourth-order valence-electron chi connectivity index (χ4n) is 6.35. The Balaban J connectivity index is 1.32. The van der Waals surface area contributed by atoms with Crippen LogP contribution in [0.2, 0.25) is 0 Å². The van der Waals surface area contributed by atoms with Crippen LogP contribution >= 0.6 is 0 Å².